The first kappa shape index (κ1) is 9.09. The number of nitrogens with zero attached hydrogens (tertiary/aromatic N) is 1. The molecule has 0 saturated carbocycles. The first-order valence-corrected chi connectivity index (χ1v) is 5.28. The molecule has 1 aliphatic heterocycles. The SMILES string of the molecule is NCC1CCN(c2occc2Br)C1. The Morgan fingerprint density at radius 1 is 1.69 bits per heavy atom. The van der Waals surface area contributed by atoms with Gasteiger partial charge in [0.2, 0.25) is 5.88 Å². The fourth-order valence-corrected chi connectivity index (χ4v) is 2.17. The molecule has 4 heteroatoms. The molecule has 3 nitrogen and oxygen atoms in total. The minimum Gasteiger partial charge on any atom is -0.448 e. The molecule has 2 heterocycles. The van der Waals surface area contributed by atoms with Gasteiger partial charge in [-0.2, -0.15) is 0 Å². The summed E-state index contributed by atoms with van der Waals surface area (Å²) in [6, 6.07) is 1.92. The zero-order valence-corrected chi connectivity index (χ0v) is 8.96. The third-order valence-corrected chi connectivity index (χ3v) is 3.11. The van der Waals surface area contributed by atoms with E-state index in [2.05, 4.69) is 20.8 Å². The first-order valence-electron chi connectivity index (χ1n) is 4.49. The van der Waals surface area contributed by atoms with Crippen molar-refractivity contribution in [2.24, 2.45) is 11.7 Å². The van der Waals surface area contributed by atoms with Gasteiger partial charge in [0.25, 0.3) is 0 Å². The van der Waals surface area contributed by atoms with Crippen LogP contribution in [0.2, 0.25) is 0 Å². The molecule has 1 saturated heterocycles. The van der Waals surface area contributed by atoms with Crippen LogP contribution in [0.4, 0.5) is 5.88 Å². The van der Waals surface area contributed by atoms with Crippen LogP contribution in [-0.2, 0) is 0 Å². The molecule has 0 spiro atoms. The summed E-state index contributed by atoms with van der Waals surface area (Å²) in [7, 11) is 0. The Morgan fingerprint density at radius 3 is 3.08 bits per heavy atom. The molecule has 0 bridgehead atoms. The van der Waals surface area contributed by atoms with Crippen LogP contribution in [0.5, 0.6) is 0 Å². The van der Waals surface area contributed by atoms with Crippen molar-refractivity contribution in [1.82, 2.24) is 0 Å². The van der Waals surface area contributed by atoms with Crippen LogP contribution in [-0.4, -0.2) is 19.6 Å². The van der Waals surface area contributed by atoms with Crippen molar-refractivity contribution < 1.29 is 4.42 Å². The van der Waals surface area contributed by atoms with Crippen molar-refractivity contribution in [1.29, 1.82) is 0 Å². The maximum Gasteiger partial charge on any atom is 0.209 e. The normalized spacial score (nSPS) is 22.6. The van der Waals surface area contributed by atoms with Crippen LogP contribution in [0, 0.1) is 5.92 Å². The standard InChI is InChI=1S/C9H13BrN2O/c10-8-2-4-13-9(8)12-3-1-7(5-11)6-12/h2,4,7H,1,3,5-6,11H2. The summed E-state index contributed by atoms with van der Waals surface area (Å²) in [5.74, 6) is 1.56. The van der Waals surface area contributed by atoms with Crippen molar-refractivity contribution in [3.63, 3.8) is 0 Å². The highest BCUT2D eigenvalue weighted by molar-refractivity contribution is 9.10. The number of hydrogen-bond donors (Lipinski definition) is 1. The molecule has 1 atom stereocenters. The molecule has 1 aromatic rings. The van der Waals surface area contributed by atoms with Gasteiger partial charge in [-0.15, -0.1) is 0 Å². The number of furan rings is 1. The Bertz CT molecular complexity index is 287. The molecule has 0 aliphatic carbocycles. The minimum absolute atomic E-state index is 0.622. The summed E-state index contributed by atoms with van der Waals surface area (Å²) in [6.07, 6.45) is 2.87. The number of nitrogens with two attached hydrogens (primary N) is 1. The molecule has 2 N–H and O–H groups in total. The van der Waals surface area contributed by atoms with E-state index in [1.54, 1.807) is 6.26 Å². The molecule has 1 fully saturated rings. The van der Waals surface area contributed by atoms with Gasteiger partial charge in [-0.1, -0.05) is 0 Å². The Hall–Kier alpha value is -0.480. The van der Waals surface area contributed by atoms with E-state index in [0.717, 1.165) is 30.0 Å². The zero-order valence-electron chi connectivity index (χ0n) is 7.37. The van der Waals surface area contributed by atoms with E-state index in [4.69, 9.17) is 10.2 Å². The average molecular weight is 245 g/mol. The van der Waals surface area contributed by atoms with Crippen LogP contribution >= 0.6 is 15.9 Å². The quantitative estimate of drug-likeness (QED) is 0.864. The lowest BCUT2D eigenvalue weighted by Gasteiger charge is -2.15. The van der Waals surface area contributed by atoms with Gasteiger partial charge in [0.15, 0.2) is 0 Å². The molecular formula is C9H13BrN2O. The molecule has 72 valence electrons. The third-order valence-electron chi connectivity index (χ3n) is 2.50. The molecule has 0 amide bonds. The number of hydrogen-bond acceptors (Lipinski definition) is 3. The smallest absolute Gasteiger partial charge is 0.209 e. The van der Waals surface area contributed by atoms with Crippen LogP contribution in [0.15, 0.2) is 21.2 Å². The third kappa shape index (κ3) is 1.74. The lowest BCUT2D eigenvalue weighted by molar-refractivity contribution is 0.547. The summed E-state index contributed by atoms with van der Waals surface area (Å²) in [5.41, 5.74) is 5.62. The topological polar surface area (TPSA) is 42.4 Å². The Balaban J connectivity index is 2.08. The fourth-order valence-electron chi connectivity index (χ4n) is 1.72. The van der Waals surface area contributed by atoms with E-state index in [1.165, 1.54) is 6.42 Å². The van der Waals surface area contributed by atoms with Crippen molar-refractivity contribution in [2.75, 3.05) is 24.5 Å². The first-order chi connectivity index (χ1) is 6.31. The van der Waals surface area contributed by atoms with Gasteiger partial charge in [0, 0.05) is 13.1 Å². The second kappa shape index (κ2) is 3.72. The molecule has 0 radical (unpaired) electrons. The van der Waals surface area contributed by atoms with Crippen LogP contribution in [0.25, 0.3) is 0 Å². The van der Waals surface area contributed by atoms with Gasteiger partial charge in [-0.3, -0.25) is 0 Å². The number of rotatable bonds is 2. The fraction of sp³-hybridized carbons (Fsp3) is 0.556. The minimum atomic E-state index is 0.622. The summed E-state index contributed by atoms with van der Waals surface area (Å²) in [4.78, 5) is 2.24. The second-order valence-electron chi connectivity index (χ2n) is 3.41. The second-order valence-corrected chi connectivity index (χ2v) is 4.26. The largest absolute Gasteiger partial charge is 0.448 e. The Kier molecular flexibility index (Phi) is 2.60. The lowest BCUT2D eigenvalue weighted by atomic mass is 10.1. The zero-order chi connectivity index (χ0) is 9.26. The van der Waals surface area contributed by atoms with E-state index < -0.39 is 0 Å². The van der Waals surface area contributed by atoms with Crippen LogP contribution < -0.4 is 10.6 Å². The van der Waals surface area contributed by atoms with Crippen LogP contribution in [0.1, 0.15) is 6.42 Å². The molecule has 1 aliphatic rings. The lowest BCUT2D eigenvalue weighted by Crippen LogP contribution is -2.22. The predicted molar refractivity (Wildman–Crippen MR) is 55.8 cm³/mol. The Labute approximate surface area is 86.0 Å². The predicted octanol–water partition coefficient (Wildman–Crippen LogP) is 1.83. The summed E-state index contributed by atoms with van der Waals surface area (Å²) < 4.78 is 6.41. The van der Waals surface area contributed by atoms with Crippen molar-refractivity contribution in [3.8, 4) is 0 Å². The van der Waals surface area contributed by atoms with E-state index in [-0.39, 0.29) is 0 Å². The maximum atomic E-state index is 5.62. The summed E-state index contributed by atoms with van der Waals surface area (Å²) >= 11 is 3.45. The van der Waals surface area contributed by atoms with Crippen molar-refractivity contribution >= 4 is 21.8 Å². The molecule has 2 rings (SSSR count). The monoisotopic (exact) mass is 244 g/mol. The molecule has 13 heavy (non-hydrogen) atoms. The van der Waals surface area contributed by atoms with Crippen LogP contribution in [0.3, 0.4) is 0 Å². The molecule has 1 unspecified atom stereocenters. The van der Waals surface area contributed by atoms with E-state index in [9.17, 15) is 0 Å². The summed E-state index contributed by atoms with van der Waals surface area (Å²) in [6.45, 7) is 2.84. The van der Waals surface area contributed by atoms with E-state index in [1.807, 2.05) is 6.07 Å². The van der Waals surface area contributed by atoms with Gasteiger partial charge in [-0.25, -0.2) is 0 Å². The molecule has 0 aromatic carbocycles. The van der Waals surface area contributed by atoms with Gasteiger partial charge >= 0.3 is 0 Å². The highest BCUT2D eigenvalue weighted by Gasteiger charge is 2.24. The van der Waals surface area contributed by atoms with Gasteiger partial charge in [0.05, 0.1) is 10.7 Å². The molecule has 1 aromatic heterocycles. The van der Waals surface area contributed by atoms with Crippen molar-refractivity contribution in [2.45, 2.75) is 6.42 Å². The van der Waals surface area contributed by atoms with E-state index >= 15 is 0 Å². The maximum absolute atomic E-state index is 5.62. The Morgan fingerprint density at radius 2 is 2.54 bits per heavy atom. The van der Waals surface area contributed by atoms with Gasteiger partial charge in [-0.05, 0) is 40.9 Å². The number of halogens is 1. The van der Waals surface area contributed by atoms with Gasteiger partial charge < -0.3 is 15.1 Å². The molecular weight excluding hydrogens is 232 g/mol. The van der Waals surface area contributed by atoms with Gasteiger partial charge in [0.1, 0.15) is 0 Å². The van der Waals surface area contributed by atoms with Crippen molar-refractivity contribution in [3.05, 3.63) is 16.8 Å². The average Bonchev–Trinajstić information content (AvgIpc) is 2.71. The highest BCUT2D eigenvalue weighted by Crippen LogP contribution is 2.31. The van der Waals surface area contributed by atoms with E-state index in [0.29, 0.717) is 5.92 Å². The summed E-state index contributed by atoms with van der Waals surface area (Å²) in [5, 5.41) is 0. The number of anilines is 1. The highest BCUT2D eigenvalue weighted by atomic mass is 79.9.